The summed E-state index contributed by atoms with van der Waals surface area (Å²) in [5.41, 5.74) is 3.70. The number of ether oxygens (including phenoxy) is 3. The van der Waals surface area contributed by atoms with E-state index in [1.807, 2.05) is 42.5 Å². The minimum absolute atomic E-state index is 0.107. The van der Waals surface area contributed by atoms with Gasteiger partial charge in [0.25, 0.3) is 5.56 Å². The molecule has 1 fully saturated rings. The predicted molar refractivity (Wildman–Crippen MR) is 174 cm³/mol. The van der Waals surface area contributed by atoms with E-state index in [0.29, 0.717) is 28.2 Å². The minimum Gasteiger partial charge on any atom is -0.457 e. The molecule has 1 atom stereocenters. The number of carbonyl (C=O) groups excluding carboxylic acids is 3. The first-order chi connectivity index (χ1) is 22.7. The van der Waals surface area contributed by atoms with E-state index in [9.17, 15) is 19.2 Å². The van der Waals surface area contributed by atoms with E-state index in [1.54, 1.807) is 23.6 Å². The molecule has 4 aromatic rings. The molecule has 0 radical (unpaired) electrons. The number of nitrogens with zero attached hydrogens (tertiary/aromatic N) is 4. The van der Waals surface area contributed by atoms with Gasteiger partial charge < -0.3 is 28.6 Å². The zero-order chi connectivity index (χ0) is 32.9. The van der Waals surface area contributed by atoms with E-state index in [2.05, 4.69) is 22.2 Å². The summed E-state index contributed by atoms with van der Waals surface area (Å²) in [5.74, 6) is -1.34. The molecule has 1 amide bonds. The number of benzene rings is 2. The van der Waals surface area contributed by atoms with Gasteiger partial charge in [-0.05, 0) is 43.3 Å². The molecule has 2 aromatic carbocycles. The zero-order valence-electron chi connectivity index (χ0n) is 26.5. The number of nitrogens with one attached hydrogen (secondary N) is 1. The van der Waals surface area contributed by atoms with Gasteiger partial charge in [-0.2, -0.15) is 0 Å². The van der Waals surface area contributed by atoms with Crippen LogP contribution in [0.5, 0.6) is 0 Å². The van der Waals surface area contributed by atoms with Crippen LogP contribution in [0.25, 0.3) is 22.3 Å². The van der Waals surface area contributed by atoms with Gasteiger partial charge in [-0.3, -0.25) is 14.9 Å². The number of cyclic esters (lactones) is 1. The highest BCUT2D eigenvalue weighted by Crippen LogP contribution is 2.44. The molecule has 7 rings (SSSR count). The van der Waals surface area contributed by atoms with Crippen LogP contribution >= 0.6 is 0 Å². The van der Waals surface area contributed by atoms with Gasteiger partial charge in [-0.15, -0.1) is 0 Å². The van der Waals surface area contributed by atoms with Crippen molar-refractivity contribution in [2.75, 3.05) is 43.4 Å². The standard InChI is InChI=1S/C35H35N5O7/c1-4-35(47-21(2)41)27-17-29-30-25(18-40(29)32(42)26(27)20-45-33(35)43)31(39-14-12-38(3)13-15-39)24-16-23(10-11-28(24)37-30)36-34(44)46-19-22-8-6-5-7-9-22/h5-11,16-17H,4,12-15,18-20H2,1-3H3,(H,36,44). The molecule has 5 heterocycles. The molecule has 12 nitrogen and oxygen atoms in total. The Hall–Kier alpha value is -5.23. The van der Waals surface area contributed by atoms with Gasteiger partial charge in [0.05, 0.1) is 34.7 Å². The van der Waals surface area contributed by atoms with Crippen LogP contribution in [0.2, 0.25) is 0 Å². The number of fused-ring (bicyclic) bond motifs is 5. The number of anilines is 2. The Labute approximate surface area is 270 Å². The second-order valence-electron chi connectivity index (χ2n) is 12.2. The summed E-state index contributed by atoms with van der Waals surface area (Å²) in [6.07, 6.45) is -0.466. The molecule has 242 valence electrons. The smallest absolute Gasteiger partial charge is 0.411 e. The Morgan fingerprint density at radius 2 is 1.79 bits per heavy atom. The largest absolute Gasteiger partial charge is 0.457 e. The van der Waals surface area contributed by atoms with E-state index in [1.165, 1.54) is 6.92 Å². The fourth-order valence-corrected chi connectivity index (χ4v) is 6.81. The number of piperazine rings is 1. The first-order valence-corrected chi connectivity index (χ1v) is 15.7. The fraction of sp³-hybridized carbons (Fsp3) is 0.343. The van der Waals surface area contributed by atoms with Gasteiger partial charge in [-0.25, -0.2) is 14.6 Å². The van der Waals surface area contributed by atoms with E-state index in [-0.39, 0.29) is 37.3 Å². The van der Waals surface area contributed by atoms with Crippen molar-refractivity contribution in [3.63, 3.8) is 0 Å². The van der Waals surface area contributed by atoms with Crippen LogP contribution in [0.15, 0.2) is 59.4 Å². The molecule has 1 N–H and O–H groups in total. The molecular weight excluding hydrogens is 602 g/mol. The maximum atomic E-state index is 14.1. The van der Waals surface area contributed by atoms with Crippen LogP contribution in [0, 0.1) is 0 Å². The average molecular weight is 638 g/mol. The number of amides is 1. The third-order valence-corrected chi connectivity index (χ3v) is 9.22. The number of hydrogen-bond donors (Lipinski definition) is 1. The van der Waals surface area contributed by atoms with E-state index in [4.69, 9.17) is 19.2 Å². The van der Waals surface area contributed by atoms with E-state index < -0.39 is 23.6 Å². The molecule has 0 saturated carbocycles. The fourth-order valence-electron chi connectivity index (χ4n) is 6.81. The van der Waals surface area contributed by atoms with Crippen molar-refractivity contribution in [1.29, 1.82) is 0 Å². The number of hydrogen-bond acceptors (Lipinski definition) is 10. The Morgan fingerprint density at radius 3 is 2.51 bits per heavy atom. The Morgan fingerprint density at radius 1 is 1.02 bits per heavy atom. The molecular formula is C35H35N5O7. The highest BCUT2D eigenvalue weighted by Gasteiger charge is 2.50. The molecule has 47 heavy (non-hydrogen) atoms. The number of likely N-dealkylation sites (N-methyl/N-ethyl adjacent to an activating group) is 1. The summed E-state index contributed by atoms with van der Waals surface area (Å²) in [5, 5.41) is 3.68. The summed E-state index contributed by atoms with van der Waals surface area (Å²) >= 11 is 0. The highest BCUT2D eigenvalue weighted by molar-refractivity contribution is 6.01. The zero-order valence-corrected chi connectivity index (χ0v) is 26.5. The molecule has 0 bridgehead atoms. The molecule has 0 spiro atoms. The van der Waals surface area contributed by atoms with Gasteiger partial charge in [-0.1, -0.05) is 37.3 Å². The molecule has 12 heteroatoms. The van der Waals surface area contributed by atoms with Crippen molar-refractivity contribution in [3.8, 4) is 11.4 Å². The number of aromatic nitrogens is 2. The summed E-state index contributed by atoms with van der Waals surface area (Å²) in [6.45, 7) is 6.38. The molecule has 1 unspecified atom stereocenters. The average Bonchev–Trinajstić information content (AvgIpc) is 3.43. The lowest BCUT2D eigenvalue weighted by Gasteiger charge is -2.35. The highest BCUT2D eigenvalue weighted by atomic mass is 16.6. The lowest BCUT2D eigenvalue weighted by molar-refractivity contribution is -0.188. The van der Waals surface area contributed by atoms with Gasteiger partial charge in [0.15, 0.2) is 0 Å². The SMILES string of the molecule is CCC1(OC(C)=O)C(=O)OCc2c1cc1n(c2=O)Cc2c-1nc1ccc(NC(=O)OCc3ccccc3)cc1c2N1CCN(C)CC1. The molecule has 3 aliphatic heterocycles. The third kappa shape index (κ3) is 5.28. The summed E-state index contributed by atoms with van der Waals surface area (Å²) in [7, 11) is 2.09. The molecule has 0 aliphatic carbocycles. The van der Waals surface area contributed by atoms with Crippen molar-refractivity contribution in [1.82, 2.24) is 14.5 Å². The predicted octanol–water partition coefficient (Wildman–Crippen LogP) is 4.15. The Balaban J connectivity index is 1.33. The van der Waals surface area contributed by atoms with Gasteiger partial charge in [0.1, 0.15) is 13.2 Å². The molecule has 3 aliphatic rings. The molecule has 2 aromatic heterocycles. The van der Waals surface area contributed by atoms with Crippen molar-refractivity contribution >= 4 is 40.3 Å². The Kier molecular flexibility index (Phi) is 7.67. The molecule has 1 saturated heterocycles. The van der Waals surface area contributed by atoms with Crippen molar-refractivity contribution in [2.24, 2.45) is 0 Å². The third-order valence-electron chi connectivity index (χ3n) is 9.22. The van der Waals surface area contributed by atoms with Gasteiger partial charge in [0, 0.05) is 55.3 Å². The lowest BCUT2D eigenvalue weighted by Crippen LogP contribution is -2.47. The number of esters is 2. The number of rotatable bonds is 6. The van der Waals surface area contributed by atoms with Crippen LogP contribution in [-0.4, -0.2) is 65.7 Å². The van der Waals surface area contributed by atoms with Gasteiger partial charge >= 0.3 is 18.0 Å². The Bertz CT molecular complexity index is 1980. The van der Waals surface area contributed by atoms with Crippen molar-refractivity contribution in [2.45, 2.75) is 45.6 Å². The first kappa shape index (κ1) is 30.4. The van der Waals surface area contributed by atoms with Gasteiger partial charge in [0.2, 0.25) is 5.60 Å². The summed E-state index contributed by atoms with van der Waals surface area (Å²) in [4.78, 5) is 61.7. The topological polar surface area (TPSA) is 132 Å². The summed E-state index contributed by atoms with van der Waals surface area (Å²) in [6, 6.07) is 16.7. The van der Waals surface area contributed by atoms with Crippen LogP contribution in [-0.2, 0) is 49.2 Å². The second kappa shape index (κ2) is 11.8. The summed E-state index contributed by atoms with van der Waals surface area (Å²) < 4.78 is 18.1. The normalized spacial score (nSPS) is 18.6. The number of carbonyl (C=O) groups is 3. The maximum absolute atomic E-state index is 14.1. The first-order valence-electron chi connectivity index (χ1n) is 15.7. The maximum Gasteiger partial charge on any atom is 0.411 e. The van der Waals surface area contributed by atoms with Crippen molar-refractivity contribution < 1.29 is 28.6 Å². The number of pyridine rings is 2. The van der Waals surface area contributed by atoms with Crippen molar-refractivity contribution in [3.05, 3.63) is 87.2 Å². The quantitative estimate of drug-likeness (QED) is 0.214. The van der Waals surface area contributed by atoms with E-state index >= 15 is 0 Å². The lowest BCUT2D eigenvalue weighted by atomic mass is 9.85. The second-order valence-corrected chi connectivity index (χ2v) is 12.2. The van der Waals surface area contributed by atoms with Crippen LogP contribution < -0.4 is 15.8 Å². The van der Waals surface area contributed by atoms with Crippen LogP contribution in [0.3, 0.4) is 0 Å². The van der Waals surface area contributed by atoms with E-state index in [0.717, 1.165) is 48.4 Å². The monoisotopic (exact) mass is 637 g/mol. The van der Waals surface area contributed by atoms with Crippen LogP contribution in [0.4, 0.5) is 16.2 Å². The minimum atomic E-state index is -1.72. The van der Waals surface area contributed by atoms with Crippen LogP contribution in [0.1, 0.15) is 42.5 Å².